The first-order chi connectivity index (χ1) is 15.4. The van der Waals surface area contributed by atoms with E-state index in [9.17, 15) is 13.2 Å². The van der Waals surface area contributed by atoms with Crippen LogP contribution in [0.3, 0.4) is 0 Å². The summed E-state index contributed by atoms with van der Waals surface area (Å²) in [6, 6.07) is 7.19. The van der Waals surface area contributed by atoms with Crippen molar-refractivity contribution in [2.45, 2.75) is 49.5 Å². The standard InChI is InChI=1S/C23H23ClN4O3S/c1-2-20(21-7-8-26-23(28-21)14-32(30,31)19-5-6-19)22(29)10-18-4-3-15(12-27-18)16-9-17(24)13-25-11-16/h3-4,7-9,11-13,19-20H,2,5-6,10,14H2,1H3. The highest BCUT2D eigenvalue weighted by atomic mass is 35.5. The number of Topliss-reactive ketones (excluding diaryl/α,β-unsaturated/α-hetero) is 1. The van der Waals surface area contributed by atoms with Gasteiger partial charge in [-0.25, -0.2) is 18.4 Å². The average molecular weight is 471 g/mol. The van der Waals surface area contributed by atoms with E-state index in [2.05, 4.69) is 19.9 Å². The molecule has 1 fully saturated rings. The number of halogens is 1. The van der Waals surface area contributed by atoms with Crippen molar-refractivity contribution in [1.29, 1.82) is 0 Å². The van der Waals surface area contributed by atoms with E-state index in [-0.39, 0.29) is 29.0 Å². The summed E-state index contributed by atoms with van der Waals surface area (Å²) in [5, 5.41) is 0.275. The Morgan fingerprint density at radius 2 is 1.94 bits per heavy atom. The molecule has 0 saturated heterocycles. The summed E-state index contributed by atoms with van der Waals surface area (Å²) in [7, 11) is -3.22. The van der Waals surface area contributed by atoms with Crippen LogP contribution in [-0.4, -0.2) is 39.4 Å². The lowest BCUT2D eigenvalue weighted by molar-refractivity contribution is -0.120. The Labute approximate surface area is 192 Å². The minimum absolute atomic E-state index is 0.0214. The second kappa shape index (κ2) is 9.42. The van der Waals surface area contributed by atoms with Crippen molar-refractivity contribution in [3.05, 3.63) is 71.3 Å². The van der Waals surface area contributed by atoms with Crippen molar-refractivity contribution in [1.82, 2.24) is 19.9 Å². The van der Waals surface area contributed by atoms with E-state index in [1.807, 2.05) is 19.1 Å². The molecule has 166 valence electrons. The predicted molar refractivity (Wildman–Crippen MR) is 122 cm³/mol. The molecule has 0 aliphatic heterocycles. The van der Waals surface area contributed by atoms with Crippen LogP contribution in [-0.2, 0) is 26.8 Å². The Kier molecular flexibility index (Phi) is 6.62. The zero-order valence-corrected chi connectivity index (χ0v) is 19.2. The van der Waals surface area contributed by atoms with Gasteiger partial charge in [-0.15, -0.1) is 0 Å². The Balaban J connectivity index is 1.46. The van der Waals surface area contributed by atoms with Gasteiger partial charge in [-0.1, -0.05) is 24.6 Å². The molecule has 4 rings (SSSR count). The highest BCUT2D eigenvalue weighted by molar-refractivity contribution is 7.91. The summed E-state index contributed by atoms with van der Waals surface area (Å²) in [6.45, 7) is 1.91. The van der Waals surface area contributed by atoms with Crippen LogP contribution < -0.4 is 0 Å². The number of hydrogen-bond donors (Lipinski definition) is 0. The van der Waals surface area contributed by atoms with Crippen LogP contribution in [0.2, 0.25) is 5.02 Å². The molecular formula is C23H23ClN4O3S. The van der Waals surface area contributed by atoms with Crippen LogP contribution in [0.15, 0.2) is 49.1 Å². The quantitative estimate of drug-likeness (QED) is 0.466. The molecule has 9 heteroatoms. The van der Waals surface area contributed by atoms with Gasteiger partial charge in [-0.2, -0.15) is 0 Å². The van der Waals surface area contributed by atoms with Crippen LogP contribution in [0.1, 0.15) is 49.3 Å². The summed E-state index contributed by atoms with van der Waals surface area (Å²) in [6.07, 6.45) is 8.62. The maximum Gasteiger partial charge on any atom is 0.160 e. The van der Waals surface area contributed by atoms with Gasteiger partial charge in [-0.05, 0) is 37.5 Å². The molecule has 0 spiro atoms. The highest BCUT2D eigenvalue weighted by Gasteiger charge is 2.36. The normalized spacial score (nSPS) is 14.8. The molecule has 1 atom stereocenters. The maximum atomic E-state index is 13.0. The number of sulfone groups is 1. The lowest BCUT2D eigenvalue weighted by Crippen LogP contribution is -2.18. The Morgan fingerprint density at radius 3 is 2.59 bits per heavy atom. The first-order valence-electron chi connectivity index (χ1n) is 10.5. The van der Waals surface area contributed by atoms with E-state index in [4.69, 9.17) is 11.6 Å². The molecule has 1 aliphatic rings. The van der Waals surface area contributed by atoms with Crippen molar-refractivity contribution in [3.63, 3.8) is 0 Å². The summed E-state index contributed by atoms with van der Waals surface area (Å²) >= 11 is 6.00. The van der Waals surface area contributed by atoms with Crippen molar-refractivity contribution in [2.24, 2.45) is 0 Å². The molecule has 0 amide bonds. The third-order valence-corrected chi connectivity index (χ3v) is 7.82. The van der Waals surface area contributed by atoms with Gasteiger partial charge in [0, 0.05) is 48.0 Å². The SMILES string of the molecule is CCC(C(=O)Cc1ccc(-c2cncc(Cl)c2)cn1)c1ccnc(CS(=O)(=O)C2CC2)n1. The average Bonchev–Trinajstić information content (AvgIpc) is 3.61. The first-order valence-corrected chi connectivity index (χ1v) is 12.6. The zero-order valence-electron chi connectivity index (χ0n) is 17.6. The Hall–Kier alpha value is -2.71. The van der Waals surface area contributed by atoms with Gasteiger partial charge in [0.25, 0.3) is 0 Å². The largest absolute Gasteiger partial charge is 0.299 e. The van der Waals surface area contributed by atoms with Gasteiger partial charge in [0.05, 0.1) is 21.9 Å². The van der Waals surface area contributed by atoms with Crippen molar-refractivity contribution in [3.8, 4) is 11.1 Å². The predicted octanol–water partition coefficient (Wildman–Crippen LogP) is 3.97. The van der Waals surface area contributed by atoms with Crippen LogP contribution in [0.25, 0.3) is 11.1 Å². The Bertz CT molecular complexity index is 1230. The second-order valence-corrected chi connectivity index (χ2v) is 10.7. The van der Waals surface area contributed by atoms with E-state index in [0.29, 0.717) is 35.7 Å². The lowest BCUT2D eigenvalue weighted by Gasteiger charge is -2.14. The Morgan fingerprint density at radius 1 is 1.12 bits per heavy atom. The monoisotopic (exact) mass is 470 g/mol. The number of aromatic nitrogens is 4. The summed E-state index contributed by atoms with van der Waals surface area (Å²) in [5.74, 6) is -0.401. The summed E-state index contributed by atoms with van der Waals surface area (Å²) < 4.78 is 24.5. The summed E-state index contributed by atoms with van der Waals surface area (Å²) in [5.41, 5.74) is 2.91. The molecule has 0 radical (unpaired) electrons. The van der Waals surface area contributed by atoms with E-state index >= 15 is 0 Å². The third kappa shape index (κ3) is 5.37. The highest BCUT2D eigenvalue weighted by Crippen LogP contribution is 2.30. The molecule has 0 bridgehead atoms. The van der Waals surface area contributed by atoms with Crippen molar-refractivity contribution in [2.75, 3.05) is 0 Å². The fraction of sp³-hybridized carbons (Fsp3) is 0.348. The van der Waals surface area contributed by atoms with Gasteiger partial charge >= 0.3 is 0 Å². The number of hydrogen-bond acceptors (Lipinski definition) is 7. The maximum absolute atomic E-state index is 13.0. The van der Waals surface area contributed by atoms with Crippen LogP contribution in [0.4, 0.5) is 0 Å². The molecular weight excluding hydrogens is 448 g/mol. The van der Waals surface area contributed by atoms with E-state index < -0.39 is 15.8 Å². The minimum Gasteiger partial charge on any atom is -0.299 e. The van der Waals surface area contributed by atoms with Gasteiger partial charge in [0.1, 0.15) is 17.4 Å². The molecule has 1 aliphatic carbocycles. The lowest BCUT2D eigenvalue weighted by atomic mass is 9.93. The molecule has 3 aromatic rings. The number of nitrogens with zero attached hydrogens (tertiary/aromatic N) is 4. The molecule has 1 saturated carbocycles. The molecule has 1 unspecified atom stereocenters. The molecule has 3 heterocycles. The van der Waals surface area contributed by atoms with Gasteiger partial charge in [0.2, 0.25) is 0 Å². The fourth-order valence-electron chi connectivity index (χ4n) is 3.58. The van der Waals surface area contributed by atoms with Gasteiger partial charge in [-0.3, -0.25) is 14.8 Å². The number of carbonyl (C=O) groups is 1. The number of ketones is 1. The molecule has 0 N–H and O–H groups in total. The molecule has 32 heavy (non-hydrogen) atoms. The number of rotatable bonds is 9. The van der Waals surface area contributed by atoms with Gasteiger partial charge in [0.15, 0.2) is 9.84 Å². The van der Waals surface area contributed by atoms with Crippen LogP contribution >= 0.6 is 11.6 Å². The smallest absolute Gasteiger partial charge is 0.160 e. The van der Waals surface area contributed by atoms with E-state index in [1.54, 1.807) is 30.7 Å². The summed E-state index contributed by atoms with van der Waals surface area (Å²) in [4.78, 5) is 30.0. The van der Waals surface area contributed by atoms with Crippen molar-refractivity contribution < 1.29 is 13.2 Å². The van der Waals surface area contributed by atoms with Crippen LogP contribution in [0, 0.1) is 0 Å². The van der Waals surface area contributed by atoms with Crippen molar-refractivity contribution >= 4 is 27.2 Å². The fourth-order valence-corrected chi connectivity index (χ4v) is 5.34. The molecule has 3 aromatic heterocycles. The van der Waals surface area contributed by atoms with E-state index in [1.165, 1.54) is 6.20 Å². The molecule has 0 aromatic carbocycles. The zero-order chi connectivity index (χ0) is 22.7. The number of pyridine rings is 2. The number of carbonyl (C=O) groups excluding carboxylic acids is 1. The molecule has 7 nitrogen and oxygen atoms in total. The van der Waals surface area contributed by atoms with Gasteiger partial charge < -0.3 is 0 Å². The van der Waals surface area contributed by atoms with Crippen LogP contribution in [0.5, 0.6) is 0 Å². The second-order valence-electron chi connectivity index (χ2n) is 7.94. The first kappa shape index (κ1) is 22.5. The van der Waals surface area contributed by atoms with E-state index in [0.717, 1.165) is 11.1 Å². The third-order valence-electron chi connectivity index (χ3n) is 5.46. The minimum atomic E-state index is -3.22. The topological polar surface area (TPSA) is 103 Å².